The van der Waals surface area contributed by atoms with Crippen LogP contribution < -0.4 is 0 Å². The van der Waals surface area contributed by atoms with E-state index < -0.39 is 5.60 Å². The molecule has 0 fully saturated rings. The quantitative estimate of drug-likeness (QED) is 0.518. The Bertz CT molecular complexity index is 447. The number of amides is 1. The lowest BCUT2D eigenvalue weighted by Gasteiger charge is -2.24. The fourth-order valence-corrected chi connectivity index (χ4v) is 1.45. The van der Waals surface area contributed by atoms with Crippen molar-refractivity contribution in [2.45, 2.75) is 32.9 Å². The Morgan fingerprint density at radius 1 is 1.37 bits per heavy atom. The number of ether oxygens (including phenoxy) is 1. The summed E-state index contributed by atoms with van der Waals surface area (Å²) in [4.78, 5) is 13.3. The van der Waals surface area contributed by atoms with Crippen LogP contribution in [-0.2, 0) is 11.3 Å². The van der Waals surface area contributed by atoms with Gasteiger partial charge in [0.05, 0.1) is 6.21 Å². The first kappa shape index (κ1) is 15.0. The van der Waals surface area contributed by atoms with E-state index >= 15 is 0 Å². The maximum atomic E-state index is 11.8. The second-order valence-electron chi connectivity index (χ2n) is 5.32. The zero-order chi connectivity index (χ0) is 14.5. The largest absolute Gasteiger partial charge is 0.444 e. The van der Waals surface area contributed by atoms with E-state index in [0.29, 0.717) is 6.54 Å². The highest BCUT2D eigenvalue weighted by Gasteiger charge is 2.19. The molecule has 0 unspecified atom stereocenters. The minimum Gasteiger partial charge on any atom is -0.444 e. The van der Waals surface area contributed by atoms with Crippen LogP contribution in [0.5, 0.6) is 0 Å². The summed E-state index contributed by atoms with van der Waals surface area (Å²) >= 11 is 0. The van der Waals surface area contributed by atoms with Gasteiger partial charge in [0.25, 0.3) is 0 Å². The molecule has 19 heavy (non-hydrogen) atoms. The van der Waals surface area contributed by atoms with E-state index in [2.05, 4.69) is 5.16 Å². The van der Waals surface area contributed by atoms with Crippen LogP contribution in [0.1, 0.15) is 31.9 Å². The lowest BCUT2D eigenvalue weighted by molar-refractivity contribution is 0.0285. The molecule has 0 saturated carbocycles. The van der Waals surface area contributed by atoms with Crippen molar-refractivity contribution in [2.24, 2.45) is 5.16 Å². The van der Waals surface area contributed by atoms with Gasteiger partial charge in [-0.25, -0.2) is 4.79 Å². The van der Waals surface area contributed by atoms with Gasteiger partial charge in [0.15, 0.2) is 0 Å². The van der Waals surface area contributed by atoms with Crippen molar-refractivity contribution in [1.82, 2.24) is 4.90 Å². The van der Waals surface area contributed by atoms with Crippen LogP contribution in [-0.4, -0.2) is 35.1 Å². The number of benzene rings is 1. The summed E-state index contributed by atoms with van der Waals surface area (Å²) in [6.07, 6.45) is 0.995. The predicted octanol–water partition coefficient (Wildman–Crippen LogP) is 2.86. The minimum absolute atomic E-state index is 0.353. The molecule has 0 aromatic heterocycles. The fourth-order valence-electron chi connectivity index (χ4n) is 1.45. The van der Waals surface area contributed by atoms with Crippen LogP contribution in [0.25, 0.3) is 0 Å². The highest BCUT2D eigenvalue weighted by atomic mass is 16.6. The van der Waals surface area contributed by atoms with Gasteiger partial charge in [-0.05, 0) is 31.9 Å². The second-order valence-corrected chi connectivity index (χ2v) is 5.32. The minimum atomic E-state index is -0.493. The second kappa shape index (κ2) is 6.22. The van der Waals surface area contributed by atoms with E-state index in [-0.39, 0.29) is 6.09 Å². The standard InChI is InChI=1S/C14H20N2O3/c1-14(2,3)19-13(17)16(4)10-12-7-5-11(6-8-12)9-15-18/h5-9,18H,10H2,1-4H3/b15-9-. The molecule has 0 aliphatic rings. The predicted molar refractivity (Wildman–Crippen MR) is 73.5 cm³/mol. The van der Waals surface area contributed by atoms with Crippen molar-refractivity contribution < 1.29 is 14.7 Å². The number of carbonyl (C=O) groups excluding carboxylic acids is 1. The van der Waals surface area contributed by atoms with E-state index in [0.717, 1.165) is 11.1 Å². The Morgan fingerprint density at radius 3 is 2.42 bits per heavy atom. The number of nitrogens with zero attached hydrogens (tertiary/aromatic N) is 2. The zero-order valence-corrected chi connectivity index (χ0v) is 11.8. The molecule has 5 nitrogen and oxygen atoms in total. The van der Waals surface area contributed by atoms with Gasteiger partial charge < -0.3 is 14.8 Å². The van der Waals surface area contributed by atoms with Crippen LogP contribution in [0.2, 0.25) is 0 Å². The number of hydrogen-bond acceptors (Lipinski definition) is 4. The van der Waals surface area contributed by atoms with Gasteiger partial charge >= 0.3 is 6.09 Å². The maximum Gasteiger partial charge on any atom is 0.410 e. The van der Waals surface area contributed by atoms with Gasteiger partial charge in [0, 0.05) is 13.6 Å². The Hall–Kier alpha value is -2.04. The SMILES string of the molecule is CN(Cc1ccc(/C=N\O)cc1)C(=O)OC(C)(C)C. The number of carbonyl (C=O) groups is 1. The molecule has 0 aliphatic heterocycles. The molecule has 1 rings (SSSR count). The molecule has 1 N–H and O–H groups in total. The Morgan fingerprint density at radius 2 is 1.95 bits per heavy atom. The molecule has 0 radical (unpaired) electrons. The third-order valence-corrected chi connectivity index (χ3v) is 2.31. The van der Waals surface area contributed by atoms with Gasteiger partial charge in [0.2, 0.25) is 0 Å². The molecule has 1 aromatic rings. The monoisotopic (exact) mass is 264 g/mol. The number of rotatable bonds is 3. The first-order valence-corrected chi connectivity index (χ1v) is 6.02. The summed E-state index contributed by atoms with van der Waals surface area (Å²) in [5, 5.41) is 11.4. The summed E-state index contributed by atoms with van der Waals surface area (Å²) in [6.45, 7) is 5.97. The summed E-state index contributed by atoms with van der Waals surface area (Å²) in [5.74, 6) is 0. The fraction of sp³-hybridized carbons (Fsp3) is 0.429. The first-order valence-electron chi connectivity index (χ1n) is 6.02. The van der Waals surface area contributed by atoms with Crippen molar-refractivity contribution in [3.05, 3.63) is 35.4 Å². The van der Waals surface area contributed by atoms with E-state index in [4.69, 9.17) is 9.94 Å². The highest BCUT2D eigenvalue weighted by molar-refractivity contribution is 5.79. The van der Waals surface area contributed by atoms with Gasteiger partial charge in [-0.1, -0.05) is 29.4 Å². The summed E-state index contributed by atoms with van der Waals surface area (Å²) < 4.78 is 5.27. The number of oxime groups is 1. The average Bonchev–Trinajstić information content (AvgIpc) is 2.29. The van der Waals surface area contributed by atoms with E-state index in [1.54, 1.807) is 7.05 Å². The lowest BCUT2D eigenvalue weighted by Crippen LogP contribution is -2.33. The highest BCUT2D eigenvalue weighted by Crippen LogP contribution is 2.11. The molecule has 0 atom stereocenters. The average molecular weight is 264 g/mol. The molecule has 0 saturated heterocycles. The van der Waals surface area contributed by atoms with E-state index in [1.807, 2.05) is 45.0 Å². The molecule has 0 aliphatic carbocycles. The summed E-state index contributed by atoms with van der Waals surface area (Å²) in [6, 6.07) is 7.38. The van der Waals surface area contributed by atoms with Crippen LogP contribution in [0.15, 0.2) is 29.4 Å². The van der Waals surface area contributed by atoms with Crippen LogP contribution >= 0.6 is 0 Å². The normalized spacial score (nSPS) is 11.6. The Balaban J connectivity index is 2.61. The van der Waals surface area contributed by atoms with Crippen LogP contribution in [0.3, 0.4) is 0 Å². The molecule has 0 bridgehead atoms. The third kappa shape index (κ3) is 5.42. The molecule has 0 heterocycles. The van der Waals surface area contributed by atoms with Gasteiger partial charge in [-0.15, -0.1) is 0 Å². The van der Waals surface area contributed by atoms with E-state index in [1.165, 1.54) is 11.1 Å². The molecule has 104 valence electrons. The molecule has 1 aromatic carbocycles. The van der Waals surface area contributed by atoms with Crippen molar-refractivity contribution in [1.29, 1.82) is 0 Å². The van der Waals surface area contributed by atoms with Crippen molar-refractivity contribution in [2.75, 3.05) is 7.05 Å². The van der Waals surface area contributed by atoms with Crippen molar-refractivity contribution >= 4 is 12.3 Å². The summed E-state index contributed by atoms with van der Waals surface area (Å²) in [7, 11) is 1.69. The van der Waals surface area contributed by atoms with E-state index in [9.17, 15) is 4.79 Å². The van der Waals surface area contributed by atoms with Crippen molar-refractivity contribution in [3.63, 3.8) is 0 Å². The van der Waals surface area contributed by atoms with Crippen LogP contribution in [0.4, 0.5) is 4.79 Å². The summed E-state index contributed by atoms with van der Waals surface area (Å²) in [5.41, 5.74) is 1.28. The van der Waals surface area contributed by atoms with Crippen LogP contribution in [0, 0.1) is 0 Å². The molecule has 5 heteroatoms. The lowest BCUT2D eigenvalue weighted by atomic mass is 10.1. The number of hydrogen-bond donors (Lipinski definition) is 1. The smallest absolute Gasteiger partial charge is 0.410 e. The first-order chi connectivity index (χ1) is 8.81. The molecular weight excluding hydrogens is 244 g/mol. The molecule has 0 spiro atoms. The molecule has 1 amide bonds. The third-order valence-electron chi connectivity index (χ3n) is 2.31. The van der Waals surface area contributed by atoms with Gasteiger partial charge in [-0.2, -0.15) is 0 Å². The van der Waals surface area contributed by atoms with Gasteiger partial charge in [-0.3, -0.25) is 0 Å². The Kier molecular flexibility index (Phi) is 4.92. The Labute approximate surface area is 113 Å². The zero-order valence-electron chi connectivity index (χ0n) is 11.8. The molecular formula is C14H20N2O3. The van der Waals surface area contributed by atoms with Gasteiger partial charge in [0.1, 0.15) is 5.60 Å². The maximum absolute atomic E-state index is 11.8. The van der Waals surface area contributed by atoms with Crippen molar-refractivity contribution in [3.8, 4) is 0 Å². The topological polar surface area (TPSA) is 62.1 Å².